The number of anilines is 1. The van der Waals surface area contributed by atoms with Gasteiger partial charge >= 0.3 is 0 Å². The summed E-state index contributed by atoms with van der Waals surface area (Å²) in [6.07, 6.45) is 6.58. The summed E-state index contributed by atoms with van der Waals surface area (Å²) in [4.78, 5) is 26.5. The maximum absolute atomic E-state index is 12.5. The van der Waals surface area contributed by atoms with Crippen LogP contribution in [-0.2, 0) is 0 Å². The SMILES string of the molecule is COc1ccc(C(=O)N2CCC(Nc3ccncn3)CC2)cn1. The minimum atomic E-state index is 0.0145. The highest BCUT2D eigenvalue weighted by Crippen LogP contribution is 2.17. The Morgan fingerprint density at radius 2 is 2.09 bits per heavy atom. The van der Waals surface area contributed by atoms with Gasteiger partial charge in [0.05, 0.1) is 12.7 Å². The van der Waals surface area contributed by atoms with Gasteiger partial charge in [0.1, 0.15) is 12.1 Å². The summed E-state index contributed by atoms with van der Waals surface area (Å²) in [5.41, 5.74) is 0.591. The van der Waals surface area contributed by atoms with E-state index in [-0.39, 0.29) is 5.91 Å². The van der Waals surface area contributed by atoms with Crippen molar-refractivity contribution in [1.29, 1.82) is 0 Å². The van der Waals surface area contributed by atoms with E-state index in [0.29, 0.717) is 30.6 Å². The molecule has 1 amide bonds. The van der Waals surface area contributed by atoms with Gasteiger partial charge in [0.15, 0.2) is 0 Å². The number of aromatic nitrogens is 3. The van der Waals surface area contributed by atoms with E-state index in [4.69, 9.17) is 4.74 Å². The van der Waals surface area contributed by atoms with Crippen LogP contribution >= 0.6 is 0 Å². The third-order valence-electron chi connectivity index (χ3n) is 3.91. The van der Waals surface area contributed by atoms with Crippen LogP contribution in [0.15, 0.2) is 36.9 Å². The summed E-state index contributed by atoms with van der Waals surface area (Å²) >= 11 is 0. The lowest BCUT2D eigenvalue weighted by atomic mass is 10.0. The Bertz CT molecular complexity index is 639. The van der Waals surface area contributed by atoms with Gasteiger partial charge in [-0.15, -0.1) is 0 Å². The van der Waals surface area contributed by atoms with Crippen LogP contribution in [0.5, 0.6) is 5.88 Å². The van der Waals surface area contributed by atoms with E-state index in [9.17, 15) is 4.79 Å². The summed E-state index contributed by atoms with van der Waals surface area (Å²) in [6.45, 7) is 1.43. The lowest BCUT2D eigenvalue weighted by Gasteiger charge is -2.32. The largest absolute Gasteiger partial charge is 0.481 e. The van der Waals surface area contributed by atoms with Crippen LogP contribution in [0.3, 0.4) is 0 Å². The highest BCUT2D eigenvalue weighted by atomic mass is 16.5. The molecule has 120 valence electrons. The second kappa shape index (κ2) is 7.04. The molecule has 2 aromatic heterocycles. The van der Waals surface area contributed by atoms with Crippen LogP contribution in [-0.4, -0.2) is 52.0 Å². The molecule has 1 aliphatic rings. The van der Waals surface area contributed by atoms with Crippen LogP contribution in [0.25, 0.3) is 0 Å². The first kappa shape index (κ1) is 15.2. The number of likely N-dealkylation sites (tertiary alicyclic amines) is 1. The quantitative estimate of drug-likeness (QED) is 0.923. The predicted octanol–water partition coefficient (Wildman–Crippen LogP) is 1.60. The van der Waals surface area contributed by atoms with Gasteiger partial charge in [-0.1, -0.05) is 0 Å². The molecule has 0 atom stereocenters. The van der Waals surface area contributed by atoms with E-state index < -0.39 is 0 Å². The Balaban J connectivity index is 1.54. The molecule has 7 heteroatoms. The number of carbonyl (C=O) groups excluding carboxylic acids is 1. The van der Waals surface area contributed by atoms with Crippen molar-refractivity contribution in [1.82, 2.24) is 19.9 Å². The van der Waals surface area contributed by atoms with E-state index in [2.05, 4.69) is 20.3 Å². The van der Waals surface area contributed by atoms with Crippen LogP contribution in [0.2, 0.25) is 0 Å². The average Bonchev–Trinajstić information content (AvgIpc) is 2.63. The van der Waals surface area contributed by atoms with Gasteiger partial charge < -0.3 is 15.0 Å². The lowest BCUT2D eigenvalue weighted by molar-refractivity contribution is 0.0718. The van der Waals surface area contributed by atoms with E-state index in [1.165, 1.54) is 6.33 Å². The van der Waals surface area contributed by atoms with Crippen molar-refractivity contribution in [2.24, 2.45) is 0 Å². The molecule has 7 nitrogen and oxygen atoms in total. The smallest absolute Gasteiger partial charge is 0.255 e. The number of ether oxygens (including phenoxy) is 1. The highest BCUT2D eigenvalue weighted by molar-refractivity contribution is 5.94. The van der Waals surface area contributed by atoms with Crippen molar-refractivity contribution < 1.29 is 9.53 Å². The number of nitrogens with zero attached hydrogens (tertiary/aromatic N) is 4. The second-order valence-corrected chi connectivity index (χ2v) is 5.39. The van der Waals surface area contributed by atoms with Gasteiger partial charge in [-0.25, -0.2) is 15.0 Å². The first-order valence-electron chi connectivity index (χ1n) is 7.58. The number of amides is 1. The maximum atomic E-state index is 12.5. The summed E-state index contributed by atoms with van der Waals surface area (Å²) in [5, 5.41) is 3.38. The van der Waals surface area contributed by atoms with Gasteiger partial charge in [-0.3, -0.25) is 4.79 Å². The van der Waals surface area contributed by atoms with Gasteiger partial charge in [-0.2, -0.15) is 0 Å². The van der Waals surface area contributed by atoms with Crippen molar-refractivity contribution in [2.75, 3.05) is 25.5 Å². The highest BCUT2D eigenvalue weighted by Gasteiger charge is 2.24. The van der Waals surface area contributed by atoms with Gasteiger partial charge in [0.2, 0.25) is 5.88 Å². The molecule has 0 radical (unpaired) electrons. The summed E-state index contributed by atoms with van der Waals surface area (Å²) in [6, 6.07) is 5.62. The van der Waals surface area contributed by atoms with Crippen LogP contribution in [0.1, 0.15) is 23.2 Å². The predicted molar refractivity (Wildman–Crippen MR) is 85.4 cm³/mol. The van der Waals surface area contributed by atoms with Gasteiger partial charge in [-0.05, 0) is 25.0 Å². The number of methoxy groups -OCH3 is 1. The number of rotatable bonds is 4. The van der Waals surface area contributed by atoms with Crippen LogP contribution in [0, 0.1) is 0 Å². The number of carbonyl (C=O) groups is 1. The zero-order valence-corrected chi connectivity index (χ0v) is 13.0. The molecule has 0 aromatic carbocycles. The minimum Gasteiger partial charge on any atom is -0.481 e. The third-order valence-corrected chi connectivity index (χ3v) is 3.91. The van der Waals surface area contributed by atoms with Gasteiger partial charge in [0, 0.05) is 37.6 Å². The first-order valence-corrected chi connectivity index (χ1v) is 7.58. The van der Waals surface area contributed by atoms with Gasteiger partial charge in [0.25, 0.3) is 5.91 Å². The lowest BCUT2D eigenvalue weighted by Crippen LogP contribution is -2.42. The molecule has 1 aliphatic heterocycles. The molecular weight excluding hydrogens is 294 g/mol. The van der Waals surface area contributed by atoms with E-state index in [1.807, 2.05) is 11.0 Å². The van der Waals surface area contributed by atoms with Crippen molar-refractivity contribution in [3.8, 4) is 5.88 Å². The van der Waals surface area contributed by atoms with Crippen LogP contribution in [0.4, 0.5) is 5.82 Å². The van der Waals surface area contributed by atoms with E-state index >= 15 is 0 Å². The zero-order chi connectivity index (χ0) is 16.1. The molecule has 1 saturated heterocycles. The number of pyridine rings is 1. The Labute approximate surface area is 134 Å². The first-order chi connectivity index (χ1) is 11.3. The van der Waals surface area contributed by atoms with Crippen molar-refractivity contribution in [3.05, 3.63) is 42.5 Å². The summed E-state index contributed by atoms with van der Waals surface area (Å²) < 4.78 is 5.01. The molecule has 0 unspecified atom stereocenters. The fourth-order valence-electron chi connectivity index (χ4n) is 2.62. The third kappa shape index (κ3) is 3.74. The molecule has 1 fully saturated rings. The van der Waals surface area contributed by atoms with Crippen LogP contribution < -0.4 is 10.1 Å². The topological polar surface area (TPSA) is 80.2 Å². The molecular formula is C16H19N5O2. The number of piperidine rings is 1. The summed E-state index contributed by atoms with van der Waals surface area (Å²) in [5.74, 6) is 1.35. The molecule has 2 aromatic rings. The zero-order valence-electron chi connectivity index (χ0n) is 13.0. The van der Waals surface area contributed by atoms with E-state index in [0.717, 1.165) is 18.7 Å². The molecule has 0 aliphatic carbocycles. The maximum Gasteiger partial charge on any atom is 0.255 e. The summed E-state index contributed by atoms with van der Waals surface area (Å²) in [7, 11) is 1.55. The monoisotopic (exact) mass is 313 g/mol. The molecule has 0 bridgehead atoms. The van der Waals surface area contributed by atoms with Crippen molar-refractivity contribution in [2.45, 2.75) is 18.9 Å². The Kier molecular flexibility index (Phi) is 4.65. The number of hydrogen-bond donors (Lipinski definition) is 1. The standard InChI is InChI=1S/C16H19N5O2/c1-23-15-3-2-12(10-18-15)16(22)21-8-5-13(6-9-21)20-14-4-7-17-11-19-14/h2-4,7,10-11,13H,5-6,8-9H2,1H3,(H,17,19,20). The molecule has 0 saturated carbocycles. The number of hydrogen-bond acceptors (Lipinski definition) is 6. The van der Waals surface area contributed by atoms with E-state index in [1.54, 1.807) is 31.6 Å². The molecule has 23 heavy (non-hydrogen) atoms. The fourth-order valence-corrected chi connectivity index (χ4v) is 2.62. The molecule has 3 rings (SSSR count). The Morgan fingerprint density at radius 3 is 2.70 bits per heavy atom. The fraction of sp³-hybridized carbons (Fsp3) is 0.375. The van der Waals surface area contributed by atoms with Crippen molar-refractivity contribution >= 4 is 11.7 Å². The Morgan fingerprint density at radius 1 is 1.26 bits per heavy atom. The minimum absolute atomic E-state index is 0.0145. The number of nitrogens with one attached hydrogen (secondary N) is 1. The molecule has 3 heterocycles. The van der Waals surface area contributed by atoms with Crippen molar-refractivity contribution in [3.63, 3.8) is 0 Å². The molecule has 0 spiro atoms. The second-order valence-electron chi connectivity index (χ2n) is 5.39. The normalized spacial score (nSPS) is 15.3. The average molecular weight is 313 g/mol. The molecule has 1 N–H and O–H groups in total. The Hall–Kier alpha value is -2.70.